The van der Waals surface area contributed by atoms with Crippen molar-refractivity contribution in [3.8, 4) is 0 Å². The Morgan fingerprint density at radius 1 is 1.20 bits per heavy atom. The first-order chi connectivity index (χ1) is 9.65. The Morgan fingerprint density at radius 3 is 2.60 bits per heavy atom. The molecule has 0 aromatic heterocycles. The highest BCUT2D eigenvalue weighted by Gasteiger charge is 2.24. The van der Waals surface area contributed by atoms with Crippen molar-refractivity contribution >= 4 is 0 Å². The number of rotatable bonds is 10. The molecule has 1 aliphatic carbocycles. The van der Waals surface area contributed by atoms with Gasteiger partial charge in [-0.15, -0.1) is 0 Å². The third-order valence-electron chi connectivity index (χ3n) is 4.77. The highest BCUT2D eigenvalue weighted by molar-refractivity contribution is 4.81. The third-order valence-corrected chi connectivity index (χ3v) is 4.77. The van der Waals surface area contributed by atoms with Crippen molar-refractivity contribution in [3.63, 3.8) is 0 Å². The Hall–Kier alpha value is -0.120. The average Bonchev–Trinajstić information content (AvgIpc) is 2.47. The second-order valence-electron chi connectivity index (χ2n) is 6.57. The van der Waals surface area contributed by atoms with Gasteiger partial charge < -0.3 is 15.2 Å². The molecule has 0 saturated heterocycles. The summed E-state index contributed by atoms with van der Waals surface area (Å²) in [5.74, 6) is 0.785. The van der Waals surface area contributed by atoms with E-state index in [2.05, 4.69) is 26.1 Å². The summed E-state index contributed by atoms with van der Waals surface area (Å²) >= 11 is 0. The summed E-state index contributed by atoms with van der Waals surface area (Å²) in [6, 6.07) is 0. The number of ether oxygens (including phenoxy) is 1. The molecule has 0 aromatic rings. The summed E-state index contributed by atoms with van der Waals surface area (Å²) in [4.78, 5) is 0. The Morgan fingerprint density at radius 2 is 1.95 bits per heavy atom. The van der Waals surface area contributed by atoms with E-state index in [1.54, 1.807) is 0 Å². The zero-order chi connectivity index (χ0) is 14.8. The van der Waals surface area contributed by atoms with E-state index in [0.717, 1.165) is 38.3 Å². The van der Waals surface area contributed by atoms with Crippen LogP contribution >= 0.6 is 0 Å². The molecule has 20 heavy (non-hydrogen) atoms. The zero-order valence-electron chi connectivity index (χ0n) is 13.8. The Labute approximate surface area is 125 Å². The molecule has 120 valence electrons. The van der Waals surface area contributed by atoms with Crippen LogP contribution in [-0.4, -0.2) is 36.5 Å². The average molecular weight is 285 g/mol. The second-order valence-corrected chi connectivity index (χ2v) is 6.57. The number of aliphatic hydroxyl groups excluding tert-OH is 1. The van der Waals surface area contributed by atoms with Crippen molar-refractivity contribution < 1.29 is 9.84 Å². The molecule has 1 rings (SSSR count). The number of nitrogens with one attached hydrogen (secondary N) is 1. The van der Waals surface area contributed by atoms with Crippen LogP contribution in [-0.2, 0) is 4.74 Å². The molecule has 0 amide bonds. The molecule has 0 heterocycles. The first-order valence-corrected chi connectivity index (χ1v) is 8.62. The molecule has 1 fully saturated rings. The third kappa shape index (κ3) is 6.11. The van der Waals surface area contributed by atoms with Crippen LogP contribution < -0.4 is 5.32 Å². The van der Waals surface area contributed by atoms with E-state index in [1.807, 2.05) is 0 Å². The van der Waals surface area contributed by atoms with Crippen molar-refractivity contribution in [1.29, 1.82) is 0 Å². The van der Waals surface area contributed by atoms with E-state index in [9.17, 15) is 5.11 Å². The Balaban J connectivity index is 2.14. The summed E-state index contributed by atoms with van der Waals surface area (Å²) in [5, 5.41) is 12.8. The molecule has 0 radical (unpaired) electrons. The monoisotopic (exact) mass is 285 g/mol. The van der Waals surface area contributed by atoms with Crippen LogP contribution in [0.2, 0.25) is 0 Å². The van der Waals surface area contributed by atoms with E-state index in [4.69, 9.17) is 4.74 Å². The van der Waals surface area contributed by atoms with Crippen LogP contribution in [0.1, 0.15) is 72.1 Å². The minimum absolute atomic E-state index is 0.120. The van der Waals surface area contributed by atoms with E-state index < -0.39 is 0 Å². The fourth-order valence-corrected chi connectivity index (χ4v) is 3.36. The topological polar surface area (TPSA) is 41.5 Å². The van der Waals surface area contributed by atoms with Crippen molar-refractivity contribution in [3.05, 3.63) is 0 Å². The first-order valence-electron chi connectivity index (χ1n) is 8.62. The lowest BCUT2D eigenvalue weighted by Crippen LogP contribution is -2.45. The second kappa shape index (κ2) is 9.75. The summed E-state index contributed by atoms with van der Waals surface area (Å²) in [7, 11) is 0. The number of likely N-dealkylation sites (N-methyl/N-ethyl adjacent to an activating group) is 1. The van der Waals surface area contributed by atoms with Gasteiger partial charge in [0.1, 0.15) is 0 Å². The van der Waals surface area contributed by atoms with Crippen LogP contribution in [0.15, 0.2) is 0 Å². The summed E-state index contributed by atoms with van der Waals surface area (Å²) in [5.41, 5.74) is -0.120. The molecule has 1 saturated carbocycles. The van der Waals surface area contributed by atoms with Gasteiger partial charge in [0.15, 0.2) is 0 Å². The molecule has 0 aromatic carbocycles. The molecule has 0 bridgehead atoms. The highest BCUT2D eigenvalue weighted by atomic mass is 16.5. The summed E-state index contributed by atoms with van der Waals surface area (Å²) in [6.45, 7) is 8.48. The number of hydrogen-bond donors (Lipinski definition) is 2. The van der Waals surface area contributed by atoms with Gasteiger partial charge in [0.2, 0.25) is 0 Å². The molecule has 3 nitrogen and oxygen atoms in total. The lowest BCUT2D eigenvalue weighted by atomic mass is 9.85. The fraction of sp³-hybridized carbons (Fsp3) is 1.00. The molecular formula is C17H35NO2. The van der Waals surface area contributed by atoms with E-state index >= 15 is 0 Å². The fourth-order valence-electron chi connectivity index (χ4n) is 3.36. The highest BCUT2D eigenvalue weighted by Crippen LogP contribution is 2.29. The predicted octanol–water partition coefficient (Wildman–Crippen LogP) is 3.50. The molecule has 0 spiro atoms. The van der Waals surface area contributed by atoms with E-state index in [0.29, 0.717) is 6.10 Å². The molecule has 1 aliphatic rings. The normalized spacial score (nSPS) is 26.4. The molecular weight excluding hydrogens is 250 g/mol. The van der Waals surface area contributed by atoms with E-state index in [-0.39, 0.29) is 12.1 Å². The van der Waals surface area contributed by atoms with Gasteiger partial charge in [0.25, 0.3) is 0 Å². The van der Waals surface area contributed by atoms with Crippen LogP contribution in [0, 0.1) is 5.92 Å². The van der Waals surface area contributed by atoms with Crippen LogP contribution in [0.3, 0.4) is 0 Å². The molecule has 0 aliphatic heterocycles. The minimum Gasteiger partial charge on any atom is -0.394 e. The van der Waals surface area contributed by atoms with Gasteiger partial charge in [0.05, 0.1) is 12.7 Å². The summed E-state index contributed by atoms with van der Waals surface area (Å²) < 4.78 is 6.11. The van der Waals surface area contributed by atoms with Crippen molar-refractivity contribution in [1.82, 2.24) is 5.32 Å². The maximum Gasteiger partial charge on any atom is 0.0610 e. The van der Waals surface area contributed by atoms with Crippen molar-refractivity contribution in [2.45, 2.75) is 83.8 Å². The first kappa shape index (κ1) is 17.9. The Bertz CT molecular complexity index is 247. The van der Waals surface area contributed by atoms with E-state index in [1.165, 1.54) is 32.1 Å². The summed E-state index contributed by atoms with van der Waals surface area (Å²) in [6.07, 6.45) is 10.3. The van der Waals surface area contributed by atoms with Gasteiger partial charge in [-0.1, -0.05) is 33.1 Å². The lowest BCUT2D eigenvalue weighted by molar-refractivity contribution is -0.0141. The number of hydrogen-bond acceptors (Lipinski definition) is 3. The van der Waals surface area contributed by atoms with Gasteiger partial charge in [-0.05, 0) is 51.5 Å². The standard InChI is InChI=1S/C17H35NO2/c1-4-15-10-6-7-11-16(15)20-13-9-8-12-17(3,14-19)18-5-2/h15-16,18-19H,4-14H2,1-3H3. The molecule has 3 atom stereocenters. The number of unbranched alkanes of at least 4 members (excludes halogenated alkanes) is 1. The largest absolute Gasteiger partial charge is 0.394 e. The van der Waals surface area contributed by atoms with Crippen molar-refractivity contribution in [2.75, 3.05) is 19.8 Å². The van der Waals surface area contributed by atoms with Crippen LogP contribution in [0.4, 0.5) is 0 Å². The van der Waals surface area contributed by atoms with Gasteiger partial charge in [-0.3, -0.25) is 0 Å². The molecule has 3 heteroatoms. The quantitative estimate of drug-likeness (QED) is 0.604. The van der Waals surface area contributed by atoms with Gasteiger partial charge in [0, 0.05) is 12.1 Å². The smallest absolute Gasteiger partial charge is 0.0610 e. The van der Waals surface area contributed by atoms with Gasteiger partial charge in [-0.25, -0.2) is 0 Å². The maximum absolute atomic E-state index is 9.45. The van der Waals surface area contributed by atoms with Crippen LogP contribution in [0.5, 0.6) is 0 Å². The zero-order valence-corrected chi connectivity index (χ0v) is 13.8. The Kier molecular flexibility index (Phi) is 8.74. The molecule has 2 N–H and O–H groups in total. The van der Waals surface area contributed by atoms with Crippen molar-refractivity contribution in [2.24, 2.45) is 5.92 Å². The minimum atomic E-state index is -0.120. The van der Waals surface area contributed by atoms with Gasteiger partial charge >= 0.3 is 0 Å². The van der Waals surface area contributed by atoms with Crippen LogP contribution in [0.25, 0.3) is 0 Å². The maximum atomic E-state index is 9.45. The molecule has 3 unspecified atom stereocenters. The SMILES string of the molecule is CCNC(C)(CO)CCCCOC1CCCCC1CC. The lowest BCUT2D eigenvalue weighted by Gasteiger charge is -2.31. The van der Waals surface area contributed by atoms with Gasteiger partial charge in [-0.2, -0.15) is 0 Å². The predicted molar refractivity (Wildman–Crippen MR) is 85.0 cm³/mol. The number of aliphatic hydroxyl groups is 1.